The maximum Gasteiger partial charge on any atom is 0.191 e. The minimum Gasteiger partial charge on any atom is -0.496 e. The number of rotatable bonds is 8. The van der Waals surface area contributed by atoms with Gasteiger partial charge in [0.1, 0.15) is 11.5 Å². The fourth-order valence-corrected chi connectivity index (χ4v) is 3.50. The van der Waals surface area contributed by atoms with Crippen molar-refractivity contribution in [2.75, 3.05) is 34.0 Å². The van der Waals surface area contributed by atoms with Gasteiger partial charge in [0, 0.05) is 38.2 Å². The molecule has 1 atom stereocenters. The smallest absolute Gasteiger partial charge is 0.191 e. The molecule has 0 amide bonds. The van der Waals surface area contributed by atoms with Crippen LogP contribution >= 0.6 is 24.0 Å². The molecule has 170 valence electrons. The number of guanidine groups is 1. The standard InChI is InChI=1S/C24H33N3O3.HI/c1-17-5-7-21(23(11-17)30-16-20-9-10-29-15-20)14-27-24(25-3)26-13-19-6-8-22(28-4)18(2)12-19;/h5-8,11-12,20H,9-10,13-16H2,1-4H3,(H2,25,26,27);1H. The summed E-state index contributed by atoms with van der Waals surface area (Å²) < 4.78 is 16.9. The van der Waals surface area contributed by atoms with Crippen molar-refractivity contribution in [2.24, 2.45) is 10.9 Å². The summed E-state index contributed by atoms with van der Waals surface area (Å²) in [6, 6.07) is 12.5. The van der Waals surface area contributed by atoms with Gasteiger partial charge >= 0.3 is 0 Å². The number of ether oxygens (including phenoxy) is 3. The highest BCUT2D eigenvalue weighted by molar-refractivity contribution is 14.0. The number of hydrogen-bond donors (Lipinski definition) is 2. The van der Waals surface area contributed by atoms with Crippen LogP contribution in [0.5, 0.6) is 11.5 Å². The van der Waals surface area contributed by atoms with Crippen LogP contribution in [-0.2, 0) is 17.8 Å². The molecule has 1 heterocycles. The third-order valence-electron chi connectivity index (χ3n) is 5.31. The number of hydrogen-bond acceptors (Lipinski definition) is 4. The normalized spacial score (nSPS) is 15.9. The predicted molar refractivity (Wildman–Crippen MR) is 136 cm³/mol. The van der Waals surface area contributed by atoms with E-state index in [1.54, 1.807) is 14.2 Å². The van der Waals surface area contributed by atoms with E-state index in [4.69, 9.17) is 14.2 Å². The van der Waals surface area contributed by atoms with Crippen LogP contribution in [0.25, 0.3) is 0 Å². The molecule has 3 rings (SSSR count). The highest BCUT2D eigenvalue weighted by Gasteiger charge is 2.17. The molecule has 0 radical (unpaired) electrons. The summed E-state index contributed by atoms with van der Waals surface area (Å²) in [5.41, 5.74) is 4.60. The summed E-state index contributed by atoms with van der Waals surface area (Å²) in [5.74, 6) is 3.06. The van der Waals surface area contributed by atoms with Crippen molar-refractivity contribution >= 4 is 29.9 Å². The van der Waals surface area contributed by atoms with Gasteiger partial charge in [-0.3, -0.25) is 4.99 Å². The molecule has 1 aliphatic rings. The molecule has 1 fully saturated rings. The molecular weight excluding hydrogens is 505 g/mol. The van der Waals surface area contributed by atoms with Gasteiger partial charge in [0.25, 0.3) is 0 Å². The van der Waals surface area contributed by atoms with Gasteiger partial charge in [0.2, 0.25) is 0 Å². The number of benzene rings is 2. The van der Waals surface area contributed by atoms with Crippen LogP contribution in [0.4, 0.5) is 0 Å². The maximum atomic E-state index is 6.14. The largest absolute Gasteiger partial charge is 0.496 e. The lowest BCUT2D eigenvalue weighted by molar-refractivity contribution is 0.166. The molecular formula is C24H34IN3O3. The minimum absolute atomic E-state index is 0. The van der Waals surface area contributed by atoms with Crippen LogP contribution in [0.15, 0.2) is 41.4 Å². The average molecular weight is 539 g/mol. The van der Waals surface area contributed by atoms with E-state index in [0.29, 0.717) is 25.6 Å². The van der Waals surface area contributed by atoms with Gasteiger partial charge < -0.3 is 24.8 Å². The van der Waals surface area contributed by atoms with Crippen molar-refractivity contribution in [3.63, 3.8) is 0 Å². The topological polar surface area (TPSA) is 64.1 Å². The first kappa shape index (κ1) is 25.3. The Labute approximate surface area is 202 Å². The second-order valence-electron chi connectivity index (χ2n) is 7.74. The molecule has 7 heteroatoms. The Kier molecular flexibility index (Phi) is 10.4. The van der Waals surface area contributed by atoms with Crippen molar-refractivity contribution < 1.29 is 14.2 Å². The van der Waals surface area contributed by atoms with E-state index >= 15 is 0 Å². The Morgan fingerprint density at radius 2 is 1.90 bits per heavy atom. The lowest BCUT2D eigenvalue weighted by atomic mass is 10.1. The molecule has 2 aromatic carbocycles. The highest BCUT2D eigenvalue weighted by Crippen LogP contribution is 2.23. The van der Waals surface area contributed by atoms with Gasteiger partial charge in [-0.15, -0.1) is 24.0 Å². The number of nitrogens with zero attached hydrogens (tertiary/aromatic N) is 1. The van der Waals surface area contributed by atoms with E-state index < -0.39 is 0 Å². The van der Waals surface area contributed by atoms with Gasteiger partial charge in [0.05, 0.1) is 20.3 Å². The van der Waals surface area contributed by atoms with Crippen LogP contribution in [0.1, 0.15) is 28.7 Å². The molecule has 1 aliphatic heterocycles. The molecule has 1 saturated heterocycles. The fourth-order valence-electron chi connectivity index (χ4n) is 3.50. The monoisotopic (exact) mass is 539 g/mol. The Morgan fingerprint density at radius 1 is 1.10 bits per heavy atom. The van der Waals surface area contributed by atoms with Gasteiger partial charge in [-0.2, -0.15) is 0 Å². The van der Waals surface area contributed by atoms with Crippen molar-refractivity contribution in [1.82, 2.24) is 10.6 Å². The number of aryl methyl sites for hydroxylation is 2. The van der Waals surface area contributed by atoms with Gasteiger partial charge in [-0.1, -0.05) is 24.3 Å². The van der Waals surface area contributed by atoms with E-state index in [1.807, 2.05) is 13.0 Å². The average Bonchev–Trinajstić information content (AvgIpc) is 3.27. The van der Waals surface area contributed by atoms with E-state index in [0.717, 1.165) is 48.2 Å². The van der Waals surface area contributed by atoms with E-state index in [2.05, 4.69) is 52.9 Å². The van der Waals surface area contributed by atoms with Crippen LogP contribution < -0.4 is 20.1 Å². The summed E-state index contributed by atoms with van der Waals surface area (Å²) in [6.45, 7) is 7.78. The zero-order valence-electron chi connectivity index (χ0n) is 18.9. The van der Waals surface area contributed by atoms with Gasteiger partial charge in [0.15, 0.2) is 5.96 Å². The predicted octanol–water partition coefficient (Wildman–Crippen LogP) is 4.21. The van der Waals surface area contributed by atoms with Crippen LogP contribution in [0, 0.1) is 19.8 Å². The first-order valence-electron chi connectivity index (χ1n) is 10.5. The van der Waals surface area contributed by atoms with Crippen molar-refractivity contribution in [1.29, 1.82) is 0 Å². The first-order valence-corrected chi connectivity index (χ1v) is 10.5. The molecule has 31 heavy (non-hydrogen) atoms. The SMILES string of the molecule is CN=C(NCc1ccc(OC)c(C)c1)NCc1ccc(C)cc1OCC1CCOC1.I. The second kappa shape index (κ2) is 12.8. The van der Waals surface area contributed by atoms with Gasteiger partial charge in [-0.25, -0.2) is 0 Å². The summed E-state index contributed by atoms with van der Waals surface area (Å²) in [6.07, 6.45) is 1.07. The third-order valence-corrected chi connectivity index (χ3v) is 5.31. The van der Waals surface area contributed by atoms with Crippen LogP contribution in [-0.4, -0.2) is 39.9 Å². The summed E-state index contributed by atoms with van der Waals surface area (Å²) in [7, 11) is 3.47. The number of methoxy groups -OCH3 is 1. The van der Waals surface area contributed by atoms with E-state index in [1.165, 1.54) is 11.1 Å². The quantitative estimate of drug-likeness (QED) is 0.299. The van der Waals surface area contributed by atoms with Crippen molar-refractivity contribution in [2.45, 2.75) is 33.4 Å². The highest BCUT2D eigenvalue weighted by atomic mass is 127. The lowest BCUT2D eigenvalue weighted by Gasteiger charge is -2.17. The molecule has 0 aliphatic carbocycles. The molecule has 0 spiro atoms. The molecule has 2 N–H and O–H groups in total. The lowest BCUT2D eigenvalue weighted by Crippen LogP contribution is -2.36. The minimum atomic E-state index is 0. The van der Waals surface area contributed by atoms with Crippen LogP contribution in [0.2, 0.25) is 0 Å². The van der Waals surface area contributed by atoms with E-state index in [-0.39, 0.29) is 24.0 Å². The molecule has 1 unspecified atom stereocenters. The maximum absolute atomic E-state index is 6.14. The molecule has 2 aromatic rings. The summed E-state index contributed by atoms with van der Waals surface area (Å²) >= 11 is 0. The molecule has 6 nitrogen and oxygen atoms in total. The zero-order valence-corrected chi connectivity index (χ0v) is 21.2. The Morgan fingerprint density at radius 3 is 2.58 bits per heavy atom. The Bertz CT molecular complexity index is 867. The number of nitrogens with one attached hydrogen (secondary N) is 2. The van der Waals surface area contributed by atoms with Crippen molar-refractivity contribution in [3.05, 3.63) is 58.7 Å². The van der Waals surface area contributed by atoms with Crippen LogP contribution in [0.3, 0.4) is 0 Å². The molecule has 0 bridgehead atoms. The number of aliphatic imine (C=N–C) groups is 1. The summed E-state index contributed by atoms with van der Waals surface area (Å²) in [5, 5.41) is 6.76. The Hall–Kier alpha value is -2.00. The third kappa shape index (κ3) is 7.57. The number of halogens is 1. The second-order valence-corrected chi connectivity index (χ2v) is 7.74. The fraction of sp³-hybridized carbons (Fsp3) is 0.458. The van der Waals surface area contributed by atoms with Crippen molar-refractivity contribution in [3.8, 4) is 11.5 Å². The zero-order chi connectivity index (χ0) is 21.3. The van der Waals surface area contributed by atoms with E-state index in [9.17, 15) is 0 Å². The summed E-state index contributed by atoms with van der Waals surface area (Å²) in [4.78, 5) is 4.34. The van der Waals surface area contributed by atoms with Gasteiger partial charge in [-0.05, 0) is 49.1 Å². The Balaban J connectivity index is 0.00000341. The first-order chi connectivity index (χ1) is 14.6. The molecule has 0 aromatic heterocycles. The molecule has 0 saturated carbocycles.